The van der Waals surface area contributed by atoms with Crippen LogP contribution >= 0.6 is 15.9 Å². The first-order chi connectivity index (χ1) is 16.4. The number of rotatable bonds is 3. The SMILES string of the molecule is CCS(=O)(=O)c1nc(N2CC3CCC(C2)N3C(=O)OC(C)(C)C)c2c3c(c(Br)c(F)c2n1)COC3. The van der Waals surface area contributed by atoms with Crippen LogP contribution < -0.4 is 4.90 Å². The maximum atomic E-state index is 15.5. The van der Waals surface area contributed by atoms with Crippen LogP contribution in [-0.2, 0) is 32.5 Å². The Morgan fingerprint density at radius 3 is 2.40 bits per heavy atom. The van der Waals surface area contributed by atoms with Crippen molar-refractivity contribution in [1.82, 2.24) is 14.9 Å². The summed E-state index contributed by atoms with van der Waals surface area (Å²) in [6.07, 6.45) is 1.24. The van der Waals surface area contributed by atoms with E-state index in [0.717, 1.165) is 18.4 Å². The van der Waals surface area contributed by atoms with Crippen LogP contribution in [0.2, 0.25) is 0 Å². The lowest BCUT2D eigenvalue weighted by Crippen LogP contribution is -2.57. The fourth-order valence-corrected chi connectivity index (χ4v) is 6.39. The molecule has 2 aromatic rings. The molecule has 3 aliphatic rings. The third-order valence-electron chi connectivity index (χ3n) is 6.74. The predicted molar refractivity (Wildman–Crippen MR) is 131 cm³/mol. The maximum Gasteiger partial charge on any atom is 0.410 e. The maximum absolute atomic E-state index is 15.5. The molecular formula is C23H28BrFN4O5S. The molecule has 5 rings (SSSR count). The highest BCUT2D eigenvalue weighted by molar-refractivity contribution is 9.10. The van der Waals surface area contributed by atoms with Gasteiger partial charge >= 0.3 is 6.09 Å². The third kappa shape index (κ3) is 4.17. The number of hydrogen-bond donors (Lipinski definition) is 0. The van der Waals surface area contributed by atoms with Crippen LogP contribution in [0.25, 0.3) is 10.9 Å². The Morgan fingerprint density at radius 2 is 1.80 bits per heavy atom. The van der Waals surface area contributed by atoms with E-state index in [-0.39, 0.29) is 47.1 Å². The van der Waals surface area contributed by atoms with Crippen molar-refractivity contribution < 1.29 is 27.1 Å². The zero-order chi connectivity index (χ0) is 25.3. The van der Waals surface area contributed by atoms with Crippen molar-refractivity contribution in [2.45, 2.75) is 76.6 Å². The van der Waals surface area contributed by atoms with Crippen molar-refractivity contribution in [3.05, 3.63) is 21.4 Å². The summed E-state index contributed by atoms with van der Waals surface area (Å²) in [4.78, 5) is 25.3. The molecule has 2 fully saturated rings. The van der Waals surface area contributed by atoms with Gasteiger partial charge in [0.25, 0.3) is 0 Å². The molecule has 0 aliphatic carbocycles. The molecule has 2 unspecified atom stereocenters. The van der Waals surface area contributed by atoms with Crippen molar-refractivity contribution >= 4 is 48.6 Å². The zero-order valence-corrected chi connectivity index (χ0v) is 22.5. The summed E-state index contributed by atoms with van der Waals surface area (Å²) in [7, 11) is -3.80. The zero-order valence-electron chi connectivity index (χ0n) is 20.1. The smallest absolute Gasteiger partial charge is 0.410 e. The van der Waals surface area contributed by atoms with Gasteiger partial charge in [-0.3, -0.25) is 4.90 Å². The number of anilines is 1. The number of amides is 1. The summed E-state index contributed by atoms with van der Waals surface area (Å²) in [6.45, 7) is 8.37. The third-order valence-corrected chi connectivity index (χ3v) is 9.06. The van der Waals surface area contributed by atoms with E-state index in [1.54, 1.807) is 4.90 Å². The standard InChI is InChI=1S/C23H28BrFN4O5S/c1-5-35(31,32)21-26-19-16(14-10-33-11-15(14)17(24)18(19)25)20(27-21)28-8-12-6-7-13(9-28)29(12)22(30)34-23(2,3)4/h12-13H,5-11H2,1-4H3. The molecule has 1 aromatic carbocycles. The Morgan fingerprint density at radius 1 is 1.17 bits per heavy atom. The summed E-state index contributed by atoms with van der Waals surface area (Å²) in [5.74, 6) is -0.460. The van der Waals surface area contributed by atoms with E-state index >= 15 is 4.39 Å². The van der Waals surface area contributed by atoms with Gasteiger partial charge in [0.05, 0.1) is 40.9 Å². The van der Waals surface area contributed by atoms with Crippen LogP contribution in [0.1, 0.15) is 51.7 Å². The highest BCUT2D eigenvalue weighted by Crippen LogP contribution is 2.42. The quantitative estimate of drug-likeness (QED) is 0.511. The molecule has 2 bridgehead atoms. The molecule has 9 nitrogen and oxygen atoms in total. The first-order valence-corrected chi connectivity index (χ1v) is 14.1. The van der Waals surface area contributed by atoms with E-state index in [4.69, 9.17) is 9.47 Å². The van der Waals surface area contributed by atoms with Crippen LogP contribution in [0, 0.1) is 5.82 Å². The number of carbonyl (C=O) groups is 1. The second-order valence-electron chi connectivity index (χ2n) is 10.2. The van der Waals surface area contributed by atoms with Gasteiger partial charge in [0.2, 0.25) is 15.0 Å². The molecule has 1 aromatic heterocycles. The predicted octanol–water partition coefficient (Wildman–Crippen LogP) is 3.94. The number of piperazine rings is 1. The average Bonchev–Trinajstić information content (AvgIpc) is 3.38. The van der Waals surface area contributed by atoms with Crippen molar-refractivity contribution in [1.29, 1.82) is 0 Å². The second kappa shape index (κ2) is 8.52. The number of aromatic nitrogens is 2. The minimum atomic E-state index is -3.80. The lowest BCUT2D eigenvalue weighted by molar-refractivity contribution is 0.0123. The van der Waals surface area contributed by atoms with Gasteiger partial charge in [-0.1, -0.05) is 6.92 Å². The molecule has 3 aliphatic heterocycles. The molecule has 35 heavy (non-hydrogen) atoms. The van der Waals surface area contributed by atoms with Gasteiger partial charge in [0.15, 0.2) is 5.82 Å². The Labute approximate surface area is 212 Å². The molecule has 190 valence electrons. The number of sulfone groups is 1. The topological polar surface area (TPSA) is 102 Å². The molecule has 2 saturated heterocycles. The van der Waals surface area contributed by atoms with E-state index < -0.39 is 26.4 Å². The number of hydrogen-bond acceptors (Lipinski definition) is 8. The Kier molecular flexibility index (Phi) is 5.99. The van der Waals surface area contributed by atoms with Gasteiger partial charge < -0.3 is 14.4 Å². The molecule has 0 N–H and O–H groups in total. The van der Waals surface area contributed by atoms with Gasteiger partial charge in [0, 0.05) is 18.7 Å². The highest BCUT2D eigenvalue weighted by atomic mass is 79.9. The van der Waals surface area contributed by atoms with E-state index in [9.17, 15) is 13.2 Å². The molecule has 2 atom stereocenters. The summed E-state index contributed by atoms with van der Waals surface area (Å²) >= 11 is 3.31. The fraction of sp³-hybridized carbons (Fsp3) is 0.609. The lowest BCUT2D eigenvalue weighted by atomic mass is 10.0. The first kappa shape index (κ1) is 24.6. The fourth-order valence-electron chi connectivity index (χ4n) is 5.14. The first-order valence-electron chi connectivity index (χ1n) is 11.7. The lowest BCUT2D eigenvalue weighted by Gasteiger charge is -2.42. The monoisotopic (exact) mass is 570 g/mol. The van der Waals surface area contributed by atoms with Crippen LogP contribution in [-0.4, -0.2) is 65.9 Å². The number of halogens is 2. The number of benzene rings is 1. The minimum absolute atomic E-state index is 0.0416. The van der Waals surface area contributed by atoms with Gasteiger partial charge in [-0.05, 0) is 55.1 Å². The van der Waals surface area contributed by atoms with Crippen LogP contribution in [0.3, 0.4) is 0 Å². The van der Waals surface area contributed by atoms with E-state index in [1.165, 1.54) is 6.92 Å². The van der Waals surface area contributed by atoms with E-state index in [0.29, 0.717) is 29.9 Å². The Bertz CT molecular complexity index is 1320. The summed E-state index contributed by atoms with van der Waals surface area (Å²) < 4.78 is 52.5. The molecule has 0 saturated carbocycles. The minimum Gasteiger partial charge on any atom is -0.444 e. The van der Waals surface area contributed by atoms with E-state index in [1.807, 2.05) is 25.7 Å². The summed E-state index contributed by atoms with van der Waals surface area (Å²) in [6, 6.07) is -0.242. The van der Waals surface area contributed by atoms with Crippen molar-refractivity contribution in [3.8, 4) is 0 Å². The van der Waals surface area contributed by atoms with Crippen molar-refractivity contribution in [2.24, 2.45) is 0 Å². The van der Waals surface area contributed by atoms with E-state index in [2.05, 4.69) is 25.9 Å². The Hall–Kier alpha value is -2.05. The molecule has 12 heteroatoms. The molecule has 4 heterocycles. The van der Waals surface area contributed by atoms with Crippen LogP contribution in [0.5, 0.6) is 0 Å². The molecule has 1 amide bonds. The van der Waals surface area contributed by atoms with Gasteiger partial charge in [-0.15, -0.1) is 0 Å². The van der Waals surface area contributed by atoms with Gasteiger partial charge in [-0.25, -0.2) is 27.6 Å². The highest BCUT2D eigenvalue weighted by Gasteiger charge is 2.45. The number of ether oxygens (including phenoxy) is 2. The molecular weight excluding hydrogens is 543 g/mol. The number of fused-ring (bicyclic) bond motifs is 5. The average molecular weight is 571 g/mol. The van der Waals surface area contributed by atoms with Crippen molar-refractivity contribution in [3.63, 3.8) is 0 Å². The summed E-state index contributed by atoms with van der Waals surface area (Å²) in [5, 5.41) is 0.0763. The largest absolute Gasteiger partial charge is 0.444 e. The van der Waals surface area contributed by atoms with Crippen LogP contribution in [0.15, 0.2) is 9.63 Å². The van der Waals surface area contributed by atoms with Gasteiger partial charge in [-0.2, -0.15) is 0 Å². The van der Waals surface area contributed by atoms with Gasteiger partial charge in [0.1, 0.15) is 16.9 Å². The number of carbonyl (C=O) groups excluding carboxylic acids is 1. The second-order valence-corrected chi connectivity index (χ2v) is 13.2. The molecule has 0 spiro atoms. The summed E-state index contributed by atoms with van der Waals surface area (Å²) in [5.41, 5.74) is 0.790. The normalized spacial score (nSPS) is 22.1. The Balaban J connectivity index is 1.63. The number of nitrogens with zero attached hydrogens (tertiary/aromatic N) is 4. The molecule has 0 radical (unpaired) electrons. The van der Waals surface area contributed by atoms with Crippen molar-refractivity contribution in [2.75, 3.05) is 23.7 Å². The van der Waals surface area contributed by atoms with Crippen LogP contribution in [0.4, 0.5) is 15.0 Å².